The molecule has 0 aliphatic heterocycles. The van der Waals surface area contributed by atoms with E-state index in [1.807, 2.05) is 5.38 Å². The standard InChI is InChI=1S/C14H13NO4S/c1-18-13(16)8-19-12-4-2-11(3-5-12)15-14(17)10-6-7-20-9-10/h2-7,9H,8H2,1H3,(H,15,17). The van der Waals surface area contributed by atoms with Crippen LogP contribution in [0.3, 0.4) is 0 Å². The first kappa shape index (κ1) is 14.1. The number of nitrogens with one attached hydrogen (secondary N) is 1. The van der Waals surface area contributed by atoms with E-state index in [0.717, 1.165) is 0 Å². The number of thiophene rings is 1. The summed E-state index contributed by atoms with van der Waals surface area (Å²) in [4.78, 5) is 22.7. The Labute approximate surface area is 120 Å². The van der Waals surface area contributed by atoms with Gasteiger partial charge in [0.15, 0.2) is 6.61 Å². The molecule has 20 heavy (non-hydrogen) atoms. The second-order valence-electron chi connectivity index (χ2n) is 3.86. The van der Waals surface area contributed by atoms with E-state index in [0.29, 0.717) is 17.0 Å². The van der Waals surface area contributed by atoms with Gasteiger partial charge in [-0.25, -0.2) is 4.79 Å². The van der Waals surface area contributed by atoms with Crippen LogP contribution in [0.1, 0.15) is 10.4 Å². The highest BCUT2D eigenvalue weighted by atomic mass is 32.1. The van der Waals surface area contributed by atoms with Crippen molar-refractivity contribution < 1.29 is 19.1 Å². The molecule has 6 heteroatoms. The van der Waals surface area contributed by atoms with Crippen molar-refractivity contribution in [2.24, 2.45) is 0 Å². The molecule has 0 aliphatic carbocycles. The summed E-state index contributed by atoms with van der Waals surface area (Å²) in [6, 6.07) is 8.51. The Bertz CT molecular complexity index is 578. The van der Waals surface area contributed by atoms with Crippen LogP contribution in [0.15, 0.2) is 41.1 Å². The molecule has 5 nitrogen and oxygen atoms in total. The molecule has 0 radical (unpaired) electrons. The molecule has 2 aromatic rings. The van der Waals surface area contributed by atoms with Gasteiger partial charge in [0, 0.05) is 11.1 Å². The fraction of sp³-hybridized carbons (Fsp3) is 0.143. The van der Waals surface area contributed by atoms with E-state index in [1.165, 1.54) is 18.4 Å². The van der Waals surface area contributed by atoms with Crippen LogP contribution in [0.25, 0.3) is 0 Å². The van der Waals surface area contributed by atoms with Crippen molar-refractivity contribution >= 4 is 28.9 Å². The van der Waals surface area contributed by atoms with Crippen molar-refractivity contribution in [3.63, 3.8) is 0 Å². The number of methoxy groups -OCH3 is 1. The van der Waals surface area contributed by atoms with E-state index in [2.05, 4.69) is 10.1 Å². The Morgan fingerprint density at radius 2 is 1.95 bits per heavy atom. The summed E-state index contributed by atoms with van der Waals surface area (Å²) in [5.41, 5.74) is 1.28. The van der Waals surface area contributed by atoms with Crippen LogP contribution >= 0.6 is 11.3 Å². The van der Waals surface area contributed by atoms with Crippen LogP contribution in [0.2, 0.25) is 0 Å². The first-order chi connectivity index (χ1) is 9.69. The fourth-order valence-electron chi connectivity index (χ4n) is 1.43. The zero-order valence-corrected chi connectivity index (χ0v) is 11.6. The Morgan fingerprint density at radius 3 is 2.55 bits per heavy atom. The number of amides is 1. The lowest BCUT2D eigenvalue weighted by molar-refractivity contribution is -0.142. The van der Waals surface area contributed by atoms with E-state index in [4.69, 9.17) is 4.74 Å². The monoisotopic (exact) mass is 291 g/mol. The molecule has 2 rings (SSSR count). The third-order valence-corrected chi connectivity index (χ3v) is 3.16. The average Bonchev–Trinajstić information content (AvgIpc) is 3.00. The number of hydrogen-bond donors (Lipinski definition) is 1. The molecule has 0 saturated heterocycles. The van der Waals surface area contributed by atoms with E-state index in [9.17, 15) is 9.59 Å². The summed E-state index contributed by atoms with van der Waals surface area (Å²) in [5.74, 6) is -0.0711. The summed E-state index contributed by atoms with van der Waals surface area (Å²) in [6.45, 7) is -0.142. The number of carbonyl (C=O) groups excluding carboxylic acids is 2. The molecule has 1 N–H and O–H groups in total. The predicted molar refractivity (Wildman–Crippen MR) is 76.2 cm³/mol. The van der Waals surface area contributed by atoms with Crippen LogP contribution in [0.5, 0.6) is 5.75 Å². The minimum atomic E-state index is -0.445. The van der Waals surface area contributed by atoms with Gasteiger partial charge >= 0.3 is 5.97 Å². The maximum absolute atomic E-state index is 11.8. The molecule has 0 spiro atoms. The van der Waals surface area contributed by atoms with Gasteiger partial charge in [0.1, 0.15) is 5.75 Å². The summed E-state index contributed by atoms with van der Waals surface area (Å²) in [7, 11) is 1.30. The topological polar surface area (TPSA) is 64.6 Å². The predicted octanol–water partition coefficient (Wildman–Crippen LogP) is 2.55. The first-order valence-electron chi connectivity index (χ1n) is 5.82. The van der Waals surface area contributed by atoms with Crippen molar-refractivity contribution in [1.82, 2.24) is 0 Å². The van der Waals surface area contributed by atoms with Crippen LogP contribution in [0.4, 0.5) is 5.69 Å². The first-order valence-corrected chi connectivity index (χ1v) is 6.76. The number of anilines is 1. The van der Waals surface area contributed by atoms with Gasteiger partial charge in [-0.15, -0.1) is 0 Å². The lowest BCUT2D eigenvalue weighted by atomic mass is 10.2. The van der Waals surface area contributed by atoms with Gasteiger partial charge < -0.3 is 14.8 Å². The largest absolute Gasteiger partial charge is 0.482 e. The molecular weight excluding hydrogens is 278 g/mol. The van der Waals surface area contributed by atoms with E-state index < -0.39 is 5.97 Å². The smallest absolute Gasteiger partial charge is 0.343 e. The van der Waals surface area contributed by atoms with Gasteiger partial charge in [0.05, 0.1) is 12.7 Å². The van der Waals surface area contributed by atoms with Gasteiger partial charge in [-0.3, -0.25) is 4.79 Å². The minimum Gasteiger partial charge on any atom is -0.482 e. The number of esters is 1. The second-order valence-corrected chi connectivity index (χ2v) is 4.64. The lowest BCUT2D eigenvalue weighted by Gasteiger charge is -2.07. The minimum absolute atomic E-state index is 0.142. The van der Waals surface area contributed by atoms with Gasteiger partial charge in [-0.05, 0) is 35.7 Å². The highest BCUT2D eigenvalue weighted by molar-refractivity contribution is 7.08. The number of rotatable bonds is 5. The molecular formula is C14H13NO4S. The average molecular weight is 291 g/mol. The number of benzene rings is 1. The second kappa shape index (κ2) is 6.72. The van der Waals surface area contributed by atoms with E-state index in [1.54, 1.807) is 35.7 Å². The highest BCUT2D eigenvalue weighted by Gasteiger charge is 2.06. The van der Waals surface area contributed by atoms with Gasteiger partial charge in [-0.1, -0.05) is 0 Å². The van der Waals surface area contributed by atoms with Crippen molar-refractivity contribution in [2.75, 3.05) is 19.0 Å². The van der Waals surface area contributed by atoms with Gasteiger partial charge in [0.25, 0.3) is 5.91 Å². The van der Waals surface area contributed by atoms with Crippen molar-refractivity contribution in [3.8, 4) is 5.75 Å². The van der Waals surface area contributed by atoms with E-state index >= 15 is 0 Å². The lowest BCUT2D eigenvalue weighted by Crippen LogP contribution is -2.13. The fourth-order valence-corrected chi connectivity index (χ4v) is 2.07. The molecule has 0 bridgehead atoms. The van der Waals surface area contributed by atoms with Crippen LogP contribution < -0.4 is 10.1 Å². The molecule has 0 aliphatic rings. The molecule has 1 amide bonds. The molecule has 104 valence electrons. The number of hydrogen-bond acceptors (Lipinski definition) is 5. The summed E-state index contributed by atoms with van der Waals surface area (Å²) >= 11 is 1.47. The van der Waals surface area contributed by atoms with Crippen LogP contribution in [-0.4, -0.2) is 25.6 Å². The molecule has 0 fully saturated rings. The quantitative estimate of drug-likeness (QED) is 0.860. The van der Waals surface area contributed by atoms with E-state index in [-0.39, 0.29) is 12.5 Å². The summed E-state index contributed by atoms with van der Waals surface area (Å²) in [5, 5.41) is 6.39. The highest BCUT2D eigenvalue weighted by Crippen LogP contribution is 2.17. The molecule has 1 aromatic carbocycles. The Morgan fingerprint density at radius 1 is 1.20 bits per heavy atom. The molecule has 0 atom stereocenters. The Hall–Kier alpha value is -2.34. The van der Waals surface area contributed by atoms with Gasteiger partial charge in [-0.2, -0.15) is 11.3 Å². The molecule has 1 heterocycles. The third kappa shape index (κ3) is 3.83. The summed E-state index contributed by atoms with van der Waals surface area (Å²) < 4.78 is 9.67. The van der Waals surface area contributed by atoms with Crippen molar-refractivity contribution in [2.45, 2.75) is 0 Å². The Balaban J connectivity index is 1.91. The zero-order valence-electron chi connectivity index (χ0n) is 10.8. The SMILES string of the molecule is COC(=O)COc1ccc(NC(=O)c2ccsc2)cc1. The van der Waals surface area contributed by atoms with Crippen molar-refractivity contribution in [1.29, 1.82) is 0 Å². The summed E-state index contributed by atoms with van der Waals surface area (Å²) in [6.07, 6.45) is 0. The molecule has 0 unspecified atom stereocenters. The molecule has 0 saturated carbocycles. The normalized spacial score (nSPS) is 9.85. The van der Waals surface area contributed by atoms with Crippen LogP contribution in [-0.2, 0) is 9.53 Å². The Kier molecular flexibility index (Phi) is 4.73. The maximum atomic E-state index is 11.8. The number of ether oxygens (including phenoxy) is 2. The van der Waals surface area contributed by atoms with Gasteiger partial charge in [0.2, 0.25) is 0 Å². The zero-order chi connectivity index (χ0) is 14.4. The molecule has 1 aromatic heterocycles. The maximum Gasteiger partial charge on any atom is 0.343 e. The van der Waals surface area contributed by atoms with Crippen molar-refractivity contribution in [3.05, 3.63) is 46.7 Å². The van der Waals surface area contributed by atoms with Crippen LogP contribution in [0, 0.1) is 0 Å². The third-order valence-electron chi connectivity index (χ3n) is 2.48. The number of carbonyl (C=O) groups is 2.